The predicted octanol–water partition coefficient (Wildman–Crippen LogP) is 11.0. The van der Waals surface area contributed by atoms with E-state index in [4.69, 9.17) is 0 Å². The Hall–Kier alpha value is -0.530. The van der Waals surface area contributed by atoms with E-state index in [1.54, 1.807) is 6.92 Å². The standard InChI is InChI=1S/C32H65NO/c1-4-6-8-10-12-14-16-17-18-19-20-21-23-25-27-29-31-33(32(3)34)30-28-26-24-22-15-13-11-9-7-5-2/h4-31H2,1-3H3. The topological polar surface area (TPSA) is 20.3 Å². The van der Waals surface area contributed by atoms with Gasteiger partial charge >= 0.3 is 0 Å². The smallest absolute Gasteiger partial charge is 0.219 e. The number of hydrogen-bond donors (Lipinski definition) is 0. The molecule has 0 bridgehead atoms. The molecule has 0 aliphatic rings. The van der Waals surface area contributed by atoms with E-state index in [-0.39, 0.29) is 5.91 Å². The summed E-state index contributed by atoms with van der Waals surface area (Å²) in [7, 11) is 0. The van der Waals surface area contributed by atoms with Gasteiger partial charge in [0.05, 0.1) is 0 Å². The fraction of sp³-hybridized carbons (Fsp3) is 0.969. The van der Waals surface area contributed by atoms with Crippen molar-refractivity contribution in [2.24, 2.45) is 0 Å². The van der Waals surface area contributed by atoms with Crippen LogP contribution in [0.25, 0.3) is 0 Å². The Morgan fingerprint density at radius 3 is 0.794 bits per heavy atom. The maximum Gasteiger partial charge on any atom is 0.219 e. The van der Waals surface area contributed by atoms with Crippen molar-refractivity contribution in [3.8, 4) is 0 Å². The monoisotopic (exact) mass is 480 g/mol. The third-order valence-electron chi connectivity index (χ3n) is 7.51. The van der Waals surface area contributed by atoms with E-state index in [9.17, 15) is 4.79 Å². The first-order valence-electron chi connectivity index (χ1n) is 16.0. The lowest BCUT2D eigenvalue weighted by molar-refractivity contribution is -0.129. The number of carbonyl (C=O) groups is 1. The Bertz CT molecular complexity index is 394. The van der Waals surface area contributed by atoms with Crippen LogP contribution >= 0.6 is 0 Å². The molecule has 0 saturated heterocycles. The van der Waals surface area contributed by atoms with E-state index in [0.717, 1.165) is 13.1 Å². The predicted molar refractivity (Wildman–Crippen MR) is 154 cm³/mol. The zero-order valence-electron chi connectivity index (χ0n) is 24.2. The number of amides is 1. The molecule has 2 nitrogen and oxygen atoms in total. The van der Waals surface area contributed by atoms with Gasteiger partial charge in [0, 0.05) is 20.0 Å². The molecule has 0 saturated carbocycles. The highest BCUT2D eigenvalue weighted by Crippen LogP contribution is 2.14. The zero-order chi connectivity index (χ0) is 25.0. The van der Waals surface area contributed by atoms with Crippen LogP contribution in [0.3, 0.4) is 0 Å². The van der Waals surface area contributed by atoms with Crippen LogP contribution in [0.5, 0.6) is 0 Å². The van der Waals surface area contributed by atoms with Gasteiger partial charge in [-0.05, 0) is 12.8 Å². The Balaban J connectivity index is 3.38. The van der Waals surface area contributed by atoms with Crippen LogP contribution in [0.4, 0.5) is 0 Å². The van der Waals surface area contributed by atoms with Crippen LogP contribution in [-0.2, 0) is 4.79 Å². The summed E-state index contributed by atoms with van der Waals surface area (Å²) in [6, 6.07) is 0. The second-order valence-electron chi connectivity index (χ2n) is 11.0. The summed E-state index contributed by atoms with van der Waals surface area (Å²) < 4.78 is 0. The molecule has 204 valence electrons. The summed E-state index contributed by atoms with van der Waals surface area (Å²) in [5, 5.41) is 0. The molecule has 34 heavy (non-hydrogen) atoms. The van der Waals surface area contributed by atoms with Gasteiger partial charge in [-0.3, -0.25) is 4.79 Å². The minimum absolute atomic E-state index is 0.275. The third-order valence-corrected chi connectivity index (χ3v) is 7.51. The molecule has 0 spiro atoms. The van der Waals surface area contributed by atoms with Crippen LogP contribution in [0.15, 0.2) is 0 Å². The number of unbranched alkanes of at least 4 members (excludes halogenated alkanes) is 24. The fourth-order valence-electron chi connectivity index (χ4n) is 5.07. The highest BCUT2D eigenvalue weighted by molar-refractivity contribution is 5.73. The molecule has 0 heterocycles. The molecule has 0 rings (SSSR count). The second-order valence-corrected chi connectivity index (χ2v) is 11.0. The molecule has 0 aliphatic carbocycles. The summed E-state index contributed by atoms with van der Waals surface area (Å²) in [5.74, 6) is 0.275. The molecular formula is C32H65NO. The Morgan fingerprint density at radius 2 is 0.588 bits per heavy atom. The maximum absolute atomic E-state index is 12.0. The van der Waals surface area contributed by atoms with E-state index in [1.165, 1.54) is 167 Å². The van der Waals surface area contributed by atoms with E-state index in [1.807, 2.05) is 0 Å². The van der Waals surface area contributed by atoms with Crippen molar-refractivity contribution in [2.75, 3.05) is 13.1 Å². The summed E-state index contributed by atoms with van der Waals surface area (Å²) in [6.07, 6.45) is 36.0. The first kappa shape index (κ1) is 33.5. The van der Waals surface area contributed by atoms with E-state index in [0.29, 0.717) is 0 Å². The first-order valence-corrected chi connectivity index (χ1v) is 16.0. The van der Waals surface area contributed by atoms with Crippen molar-refractivity contribution in [2.45, 2.75) is 188 Å². The quantitative estimate of drug-likeness (QED) is 0.102. The Kier molecular flexibility index (Phi) is 28.3. The SMILES string of the molecule is CCCCCCCCCCCCCCCCCCN(CCCCCCCCCCCC)C(C)=O. The summed E-state index contributed by atoms with van der Waals surface area (Å²) in [4.78, 5) is 14.1. The number of rotatable bonds is 28. The third kappa shape index (κ3) is 26.1. The molecule has 0 aromatic carbocycles. The largest absolute Gasteiger partial charge is 0.343 e. The van der Waals surface area contributed by atoms with Gasteiger partial charge in [-0.25, -0.2) is 0 Å². The van der Waals surface area contributed by atoms with Crippen LogP contribution < -0.4 is 0 Å². The van der Waals surface area contributed by atoms with E-state index >= 15 is 0 Å². The lowest BCUT2D eigenvalue weighted by Gasteiger charge is -2.21. The van der Waals surface area contributed by atoms with Crippen molar-refractivity contribution in [3.63, 3.8) is 0 Å². The minimum Gasteiger partial charge on any atom is -0.343 e. The number of hydrogen-bond acceptors (Lipinski definition) is 1. The molecular weight excluding hydrogens is 414 g/mol. The first-order chi connectivity index (χ1) is 16.7. The van der Waals surface area contributed by atoms with Crippen molar-refractivity contribution in [3.05, 3.63) is 0 Å². The molecule has 1 amide bonds. The fourth-order valence-corrected chi connectivity index (χ4v) is 5.07. The Labute approximate surface area is 216 Å². The van der Waals surface area contributed by atoms with Crippen LogP contribution in [0, 0.1) is 0 Å². The van der Waals surface area contributed by atoms with Gasteiger partial charge in [0.1, 0.15) is 0 Å². The highest BCUT2D eigenvalue weighted by Gasteiger charge is 2.07. The average Bonchev–Trinajstić information content (AvgIpc) is 2.83. The van der Waals surface area contributed by atoms with Crippen molar-refractivity contribution >= 4 is 5.91 Å². The molecule has 0 unspecified atom stereocenters. The van der Waals surface area contributed by atoms with Crippen molar-refractivity contribution < 1.29 is 4.79 Å². The summed E-state index contributed by atoms with van der Waals surface area (Å²) in [5.41, 5.74) is 0. The normalized spacial score (nSPS) is 11.3. The van der Waals surface area contributed by atoms with Crippen LogP contribution in [-0.4, -0.2) is 23.9 Å². The molecule has 0 atom stereocenters. The number of carbonyl (C=O) groups excluding carboxylic acids is 1. The van der Waals surface area contributed by atoms with Crippen molar-refractivity contribution in [1.82, 2.24) is 4.90 Å². The zero-order valence-corrected chi connectivity index (χ0v) is 24.2. The highest BCUT2D eigenvalue weighted by atomic mass is 16.2. The average molecular weight is 480 g/mol. The number of nitrogens with zero attached hydrogens (tertiary/aromatic N) is 1. The van der Waals surface area contributed by atoms with E-state index < -0.39 is 0 Å². The van der Waals surface area contributed by atoms with Gasteiger partial charge in [0.25, 0.3) is 0 Å². The van der Waals surface area contributed by atoms with Gasteiger partial charge < -0.3 is 4.90 Å². The van der Waals surface area contributed by atoms with Gasteiger partial charge in [0.2, 0.25) is 5.91 Å². The van der Waals surface area contributed by atoms with Gasteiger partial charge in [-0.15, -0.1) is 0 Å². The molecule has 0 aliphatic heterocycles. The van der Waals surface area contributed by atoms with Crippen LogP contribution in [0.1, 0.15) is 188 Å². The lowest BCUT2D eigenvalue weighted by Crippen LogP contribution is -2.30. The lowest BCUT2D eigenvalue weighted by atomic mass is 10.0. The van der Waals surface area contributed by atoms with Gasteiger partial charge in [0.15, 0.2) is 0 Å². The van der Waals surface area contributed by atoms with E-state index in [2.05, 4.69) is 18.7 Å². The molecule has 0 radical (unpaired) electrons. The van der Waals surface area contributed by atoms with Crippen LogP contribution in [0.2, 0.25) is 0 Å². The summed E-state index contributed by atoms with van der Waals surface area (Å²) in [6.45, 7) is 8.28. The van der Waals surface area contributed by atoms with Crippen molar-refractivity contribution in [1.29, 1.82) is 0 Å². The Morgan fingerprint density at radius 1 is 0.382 bits per heavy atom. The minimum atomic E-state index is 0.275. The molecule has 0 aromatic heterocycles. The molecule has 0 aromatic rings. The molecule has 0 fully saturated rings. The molecule has 0 N–H and O–H groups in total. The van der Waals surface area contributed by atoms with Gasteiger partial charge in [-0.1, -0.05) is 168 Å². The second kappa shape index (κ2) is 28.7. The van der Waals surface area contributed by atoms with Gasteiger partial charge in [-0.2, -0.15) is 0 Å². The summed E-state index contributed by atoms with van der Waals surface area (Å²) >= 11 is 0. The molecule has 2 heteroatoms. The maximum atomic E-state index is 12.0.